The number of carbonyl (C=O) groups excluding carboxylic acids is 2. The van der Waals surface area contributed by atoms with Crippen LogP contribution in [0.5, 0.6) is 0 Å². The van der Waals surface area contributed by atoms with Crippen molar-refractivity contribution in [1.82, 2.24) is 20.1 Å². The van der Waals surface area contributed by atoms with Crippen LogP contribution < -0.4 is 10.2 Å². The number of halogens is 1. The molecule has 10 heteroatoms. The molecule has 5 aromatic rings. The van der Waals surface area contributed by atoms with Crippen LogP contribution in [0, 0.1) is 12.7 Å². The Balaban J connectivity index is 1.52. The molecule has 0 radical (unpaired) electrons. The van der Waals surface area contributed by atoms with Gasteiger partial charge in [0.15, 0.2) is 0 Å². The van der Waals surface area contributed by atoms with Crippen molar-refractivity contribution in [2.24, 2.45) is 0 Å². The van der Waals surface area contributed by atoms with Gasteiger partial charge in [0.1, 0.15) is 23.9 Å². The lowest BCUT2D eigenvalue weighted by molar-refractivity contribution is -0.123. The number of pyridine rings is 1. The van der Waals surface area contributed by atoms with Gasteiger partial charge < -0.3 is 5.32 Å². The highest BCUT2D eigenvalue weighted by molar-refractivity contribution is 8.00. The fraction of sp³-hybridized carbons (Fsp3) is 0.161. The summed E-state index contributed by atoms with van der Waals surface area (Å²) < 4.78 is 17.1. The fourth-order valence-corrected chi connectivity index (χ4v) is 6.85. The maximum atomic E-state index is 15.3. The molecule has 0 saturated carbocycles. The van der Waals surface area contributed by atoms with Gasteiger partial charge in [-0.25, -0.2) is 9.07 Å². The Bertz CT molecular complexity index is 1710. The number of hydrogen-bond acceptors (Lipinski definition) is 6. The van der Waals surface area contributed by atoms with Crippen LogP contribution in [0.1, 0.15) is 27.6 Å². The zero-order chi connectivity index (χ0) is 28.3. The Morgan fingerprint density at radius 3 is 2.61 bits per heavy atom. The minimum Gasteiger partial charge on any atom is -0.349 e. The summed E-state index contributed by atoms with van der Waals surface area (Å²) in [6.45, 7) is 1.99. The summed E-state index contributed by atoms with van der Waals surface area (Å²) in [7, 11) is 0. The monoisotopic (exact) mass is 583 g/mol. The highest BCUT2D eigenvalue weighted by atomic mass is 32.2. The minimum atomic E-state index is -0.522. The molecule has 41 heavy (non-hydrogen) atoms. The summed E-state index contributed by atoms with van der Waals surface area (Å²) in [6.07, 6.45) is 1.67. The predicted molar refractivity (Wildman–Crippen MR) is 161 cm³/mol. The maximum absolute atomic E-state index is 15.3. The van der Waals surface area contributed by atoms with Gasteiger partial charge in [-0.3, -0.25) is 19.5 Å². The van der Waals surface area contributed by atoms with Gasteiger partial charge in [-0.15, -0.1) is 23.1 Å². The molecule has 1 atom stereocenters. The number of aryl methyl sites for hydroxylation is 1. The highest BCUT2D eigenvalue weighted by Gasteiger charge is 2.38. The molecule has 206 valence electrons. The number of aromatic nitrogens is 3. The molecule has 0 saturated heterocycles. The summed E-state index contributed by atoms with van der Waals surface area (Å²) in [4.78, 5) is 33.7. The zero-order valence-electron chi connectivity index (χ0n) is 22.2. The van der Waals surface area contributed by atoms with Gasteiger partial charge in [0, 0.05) is 17.3 Å². The van der Waals surface area contributed by atoms with Crippen molar-refractivity contribution in [3.63, 3.8) is 0 Å². The average Bonchev–Trinajstić information content (AvgIpc) is 3.63. The van der Waals surface area contributed by atoms with E-state index >= 15 is 4.39 Å². The van der Waals surface area contributed by atoms with Crippen molar-refractivity contribution in [3.05, 3.63) is 119 Å². The molecule has 3 aromatic heterocycles. The van der Waals surface area contributed by atoms with E-state index in [-0.39, 0.29) is 36.5 Å². The van der Waals surface area contributed by atoms with Crippen molar-refractivity contribution in [1.29, 1.82) is 0 Å². The molecule has 0 spiro atoms. The quantitative estimate of drug-likeness (QED) is 0.257. The van der Waals surface area contributed by atoms with Crippen LogP contribution in [0.3, 0.4) is 0 Å². The third kappa shape index (κ3) is 5.40. The lowest BCUT2D eigenvalue weighted by atomic mass is 10.0. The summed E-state index contributed by atoms with van der Waals surface area (Å²) in [5, 5.41) is 9.38. The van der Waals surface area contributed by atoms with E-state index in [1.165, 1.54) is 34.1 Å². The topological polar surface area (TPSA) is 80.1 Å². The Morgan fingerprint density at radius 2 is 1.85 bits per heavy atom. The normalized spacial score (nSPS) is 14.9. The third-order valence-electron chi connectivity index (χ3n) is 6.87. The van der Waals surface area contributed by atoms with Gasteiger partial charge >= 0.3 is 0 Å². The second kappa shape index (κ2) is 11.7. The van der Waals surface area contributed by atoms with Crippen LogP contribution in [-0.2, 0) is 16.1 Å². The number of thiophene rings is 1. The molecule has 0 bridgehead atoms. The minimum absolute atomic E-state index is 0.0683. The van der Waals surface area contributed by atoms with Crippen molar-refractivity contribution in [2.75, 3.05) is 17.2 Å². The number of thioether (sulfide) groups is 1. The second-order valence-electron chi connectivity index (χ2n) is 9.55. The number of rotatable bonds is 7. The number of anilines is 1. The van der Waals surface area contributed by atoms with Crippen LogP contribution in [0.4, 0.5) is 10.2 Å². The fourth-order valence-electron chi connectivity index (χ4n) is 4.91. The molecule has 4 heterocycles. The summed E-state index contributed by atoms with van der Waals surface area (Å²) in [6, 6.07) is 23.8. The molecule has 0 fully saturated rings. The summed E-state index contributed by atoms with van der Waals surface area (Å²) in [5.41, 5.74) is 4.26. The van der Waals surface area contributed by atoms with Crippen molar-refractivity contribution >= 4 is 40.7 Å². The average molecular weight is 584 g/mol. The Morgan fingerprint density at radius 1 is 1.05 bits per heavy atom. The van der Waals surface area contributed by atoms with E-state index in [2.05, 4.69) is 10.3 Å². The van der Waals surface area contributed by atoms with Gasteiger partial charge in [0.05, 0.1) is 33.8 Å². The second-order valence-corrected chi connectivity index (χ2v) is 11.6. The first-order valence-corrected chi connectivity index (χ1v) is 15.0. The van der Waals surface area contributed by atoms with Crippen LogP contribution in [0.2, 0.25) is 0 Å². The molecule has 1 aliphatic rings. The largest absolute Gasteiger partial charge is 0.349 e. The molecule has 0 aliphatic carbocycles. The molecular weight excluding hydrogens is 558 g/mol. The molecule has 0 unspecified atom stereocenters. The van der Waals surface area contributed by atoms with Crippen LogP contribution in [0.15, 0.2) is 90.4 Å². The van der Waals surface area contributed by atoms with E-state index in [0.29, 0.717) is 28.3 Å². The lowest BCUT2D eigenvalue weighted by Gasteiger charge is -2.23. The first-order chi connectivity index (χ1) is 20.0. The molecule has 6 rings (SSSR count). The maximum Gasteiger partial charge on any atom is 0.240 e. The van der Waals surface area contributed by atoms with E-state index in [1.54, 1.807) is 29.1 Å². The molecule has 7 nitrogen and oxygen atoms in total. The van der Waals surface area contributed by atoms with Crippen molar-refractivity contribution in [2.45, 2.75) is 18.7 Å². The molecule has 2 aromatic carbocycles. The van der Waals surface area contributed by atoms with Crippen LogP contribution in [-0.4, -0.2) is 38.9 Å². The van der Waals surface area contributed by atoms with Crippen molar-refractivity contribution in [3.8, 4) is 16.3 Å². The number of para-hydroxylation sites is 1. The highest BCUT2D eigenvalue weighted by Crippen LogP contribution is 2.49. The SMILES string of the molecule is Cc1ccccc1-n1nc(-c2cccs2)c2c1N(CC(=O)NCc1ccccn1)C(=O)CS[C@H]2c1ccccc1F. The van der Waals surface area contributed by atoms with Gasteiger partial charge in [-0.1, -0.05) is 48.5 Å². The molecule has 2 amide bonds. The first kappa shape index (κ1) is 26.9. The number of nitrogens with one attached hydrogen (secondary N) is 1. The van der Waals surface area contributed by atoms with Crippen molar-refractivity contribution < 1.29 is 14.0 Å². The van der Waals surface area contributed by atoms with Gasteiger partial charge in [-0.2, -0.15) is 5.10 Å². The smallest absolute Gasteiger partial charge is 0.240 e. The standard InChI is InChI=1S/C31H26FN5O2S2/c1-20-9-2-5-13-24(20)37-31-28(29(35-37)25-14-8-16-40-25)30(22-11-3-4-12-23(22)32)41-19-27(39)36(31)18-26(38)34-17-21-10-6-7-15-33-21/h2-16,30H,17-19H2,1H3,(H,34,38)/t30-/m0/s1. The number of hydrogen-bond donors (Lipinski definition) is 1. The van der Waals surface area contributed by atoms with E-state index in [9.17, 15) is 9.59 Å². The van der Waals surface area contributed by atoms with Gasteiger partial charge in [0.25, 0.3) is 0 Å². The Hall–Kier alpha value is -4.28. The van der Waals surface area contributed by atoms with Crippen LogP contribution in [0.25, 0.3) is 16.3 Å². The number of carbonyl (C=O) groups is 2. The number of amides is 2. The number of fused-ring (bicyclic) bond motifs is 1. The summed E-state index contributed by atoms with van der Waals surface area (Å²) >= 11 is 2.87. The van der Waals surface area contributed by atoms with E-state index < -0.39 is 5.25 Å². The Kier molecular flexibility index (Phi) is 7.67. The summed E-state index contributed by atoms with van der Waals surface area (Å²) in [5.74, 6) is -0.404. The first-order valence-electron chi connectivity index (χ1n) is 13.1. The van der Waals surface area contributed by atoms with E-state index in [4.69, 9.17) is 5.10 Å². The van der Waals surface area contributed by atoms with Gasteiger partial charge in [-0.05, 0) is 48.2 Å². The Labute approximate surface area is 245 Å². The molecule has 1 N–H and O–H groups in total. The number of nitrogens with zero attached hydrogens (tertiary/aromatic N) is 4. The molecular formula is C31H26FN5O2S2. The third-order valence-corrected chi connectivity index (χ3v) is 8.98. The lowest BCUT2D eigenvalue weighted by Crippen LogP contribution is -2.42. The predicted octanol–water partition coefficient (Wildman–Crippen LogP) is 5.93. The number of benzene rings is 2. The van der Waals surface area contributed by atoms with Gasteiger partial charge in [0.2, 0.25) is 11.8 Å². The van der Waals surface area contributed by atoms with E-state index in [0.717, 1.165) is 16.1 Å². The zero-order valence-corrected chi connectivity index (χ0v) is 23.8. The van der Waals surface area contributed by atoms with Crippen LogP contribution >= 0.6 is 23.1 Å². The van der Waals surface area contributed by atoms with E-state index in [1.807, 2.05) is 66.9 Å². The molecule has 1 aliphatic heterocycles.